The number of aliphatic hydroxyl groups excluding tert-OH is 1. The number of ether oxygens (including phenoxy) is 3. The molecule has 6 nitrogen and oxygen atoms in total. The molecule has 0 radical (unpaired) electrons. The Hall–Kier alpha value is -3.61. The Morgan fingerprint density at radius 3 is 2.36 bits per heavy atom. The van der Waals surface area contributed by atoms with Crippen LogP contribution in [0.4, 0.5) is 0 Å². The molecule has 0 saturated heterocycles. The van der Waals surface area contributed by atoms with Crippen LogP contribution in [0.5, 0.6) is 11.5 Å². The van der Waals surface area contributed by atoms with Crippen LogP contribution >= 0.6 is 0 Å². The van der Waals surface area contributed by atoms with Crippen molar-refractivity contribution in [2.24, 2.45) is 0 Å². The molecule has 0 fully saturated rings. The molecule has 0 heterocycles. The van der Waals surface area contributed by atoms with Gasteiger partial charge < -0.3 is 24.6 Å². The lowest BCUT2D eigenvalue weighted by molar-refractivity contribution is -0.133. The van der Waals surface area contributed by atoms with E-state index in [1.54, 1.807) is 43.5 Å². The molecular formula is C27H29NO5. The van der Waals surface area contributed by atoms with Gasteiger partial charge in [-0.3, -0.25) is 0 Å². The van der Waals surface area contributed by atoms with E-state index in [1.807, 2.05) is 48.5 Å². The number of aliphatic hydroxyl groups is 1. The van der Waals surface area contributed by atoms with Crippen molar-refractivity contribution < 1.29 is 24.1 Å². The summed E-state index contributed by atoms with van der Waals surface area (Å²) in [5, 5.41) is 13.6. The zero-order valence-corrected chi connectivity index (χ0v) is 18.9. The summed E-state index contributed by atoms with van der Waals surface area (Å²) in [6, 6.07) is 24.5. The Morgan fingerprint density at radius 1 is 0.970 bits per heavy atom. The van der Waals surface area contributed by atoms with Gasteiger partial charge in [0, 0.05) is 18.7 Å². The molecule has 0 aliphatic carbocycles. The second-order valence-corrected chi connectivity index (χ2v) is 7.40. The van der Waals surface area contributed by atoms with Gasteiger partial charge in [-0.05, 0) is 35.4 Å². The summed E-state index contributed by atoms with van der Waals surface area (Å²) in [5.74, 6) is 0.802. The van der Waals surface area contributed by atoms with Crippen LogP contribution in [0.2, 0.25) is 0 Å². The van der Waals surface area contributed by atoms with Crippen molar-refractivity contribution in [3.05, 3.63) is 95.6 Å². The molecule has 1 unspecified atom stereocenters. The molecule has 172 valence electrons. The van der Waals surface area contributed by atoms with E-state index in [2.05, 4.69) is 5.32 Å². The predicted octanol–water partition coefficient (Wildman–Crippen LogP) is 3.94. The Labute approximate surface area is 194 Å². The van der Waals surface area contributed by atoms with E-state index >= 15 is 0 Å². The first-order chi connectivity index (χ1) is 16.1. The smallest absolute Gasteiger partial charge is 0.338 e. The number of benzene rings is 3. The van der Waals surface area contributed by atoms with Gasteiger partial charge in [0.05, 0.1) is 19.8 Å². The average molecular weight is 448 g/mol. The highest BCUT2D eigenvalue weighted by molar-refractivity contribution is 6.21. The minimum Gasteiger partial charge on any atom is -0.497 e. The van der Waals surface area contributed by atoms with Crippen molar-refractivity contribution in [3.63, 3.8) is 0 Å². The summed E-state index contributed by atoms with van der Waals surface area (Å²) in [7, 11) is 2.94. The Balaban J connectivity index is 1.68. The zero-order valence-electron chi connectivity index (χ0n) is 18.9. The molecule has 0 saturated carbocycles. The van der Waals surface area contributed by atoms with E-state index in [9.17, 15) is 9.90 Å². The second-order valence-electron chi connectivity index (χ2n) is 7.40. The van der Waals surface area contributed by atoms with Crippen LogP contribution < -0.4 is 14.8 Å². The lowest BCUT2D eigenvalue weighted by Gasteiger charge is -2.15. The van der Waals surface area contributed by atoms with Gasteiger partial charge in [-0.15, -0.1) is 0 Å². The van der Waals surface area contributed by atoms with Crippen molar-refractivity contribution in [1.82, 2.24) is 5.32 Å². The topological polar surface area (TPSA) is 77.0 Å². The maximum Gasteiger partial charge on any atom is 0.338 e. The van der Waals surface area contributed by atoms with Gasteiger partial charge in [-0.1, -0.05) is 60.7 Å². The summed E-state index contributed by atoms with van der Waals surface area (Å²) in [5.41, 5.74) is 2.94. The van der Waals surface area contributed by atoms with Gasteiger partial charge >= 0.3 is 5.97 Å². The normalized spacial score (nSPS) is 12.2. The number of nitrogens with one attached hydrogen (secondary N) is 1. The monoisotopic (exact) mass is 447 g/mol. The molecule has 0 aliphatic rings. The molecule has 1 atom stereocenters. The summed E-state index contributed by atoms with van der Waals surface area (Å²) >= 11 is 0. The highest BCUT2D eigenvalue weighted by Crippen LogP contribution is 2.27. The highest BCUT2D eigenvalue weighted by Gasteiger charge is 2.15. The van der Waals surface area contributed by atoms with Gasteiger partial charge in [0.1, 0.15) is 24.2 Å². The summed E-state index contributed by atoms with van der Waals surface area (Å²) in [6.07, 6.45) is 1.04. The molecule has 3 aromatic rings. The van der Waals surface area contributed by atoms with Gasteiger partial charge in [-0.25, -0.2) is 4.79 Å². The molecule has 0 spiro atoms. The number of rotatable bonds is 11. The lowest BCUT2D eigenvalue weighted by atomic mass is 10.0. The van der Waals surface area contributed by atoms with Gasteiger partial charge in [0.25, 0.3) is 0 Å². The molecular weight excluding hydrogens is 418 g/mol. The van der Waals surface area contributed by atoms with Crippen molar-refractivity contribution >= 4 is 17.6 Å². The van der Waals surface area contributed by atoms with Crippen molar-refractivity contribution in [2.45, 2.75) is 12.6 Å². The Bertz CT molecular complexity index is 1050. The molecule has 0 amide bonds. The van der Waals surface area contributed by atoms with Crippen LogP contribution in [0.1, 0.15) is 16.7 Å². The predicted molar refractivity (Wildman–Crippen MR) is 129 cm³/mol. The second kappa shape index (κ2) is 12.4. The third-order valence-corrected chi connectivity index (χ3v) is 5.01. The zero-order chi connectivity index (χ0) is 23.5. The summed E-state index contributed by atoms with van der Waals surface area (Å²) in [6.45, 7) is 1.18. The molecule has 0 aliphatic heterocycles. The molecule has 0 aromatic heterocycles. The summed E-state index contributed by atoms with van der Waals surface area (Å²) < 4.78 is 16.1. The molecule has 2 N–H and O–H groups in total. The molecule has 0 bridgehead atoms. The van der Waals surface area contributed by atoms with E-state index in [1.165, 1.54) is 7.11 Å². The van der Waals surface area contributed by atoms with E-state index in [0.717, 1.165) is 5.56 Å². The standard InChI is InChI=1S/C27H29NO5/c1-31-24-14-12-21(13-15-24)25(27(30)32-2)16-22-10-6-7-11-26(22)33-19-23(29)18-28-17-20-8-4-3-5-9-20/h3-16,23,28-29H,17-19H2,1-2H3. The fourth-order valence-corrected chi connectivity index (χ4v) is 3.25. The van der Waals surface area contributed by atoms with Crippen LogP contribution in [0, 0.1) is 0 Å². The fourth-order valence-electron chi connectivity index (χ4n) is 3.25. The third kappa shape index (κ3) is 7.20. The molecule has 33 heavy (non-hydrogen) atoms. The largest absolute Gasteiger partial charge is 0.497 e. The van der Waals surface area contributed by atoms with Crippen molar-refractivity contribution in [2.75, 3.05) is 27.4 Å². The minimum atomic E-state index is -0.688. The number of hydrogen-bond donors (Lipinski definition) is 2. The summed E-state index contributed by atoms with van der Waals surface area (Å²) in [4.78, 5) is 12.5. The van der Waals surface area contributed by atoms with E-state index in [-0.39, 0.29) is 6.61 Å². The first kappa shape index (κ1) is 24.0. The van der Waals surface area contributed by atoms with Gasteiger partial charge in [-0.2, -0.15) is 0 Å². The first-order valence-corrected chi connectivity index (χ1v) is 10.7. The van der Waals surface area contributed by atoms with Gasteiger partial charge in [0.15, 0.2) is 0 Å². The maximum absolute atomic E-state index is 12.5. The number of methoxy groups -OCH3 is 2. The highest BCUT2D eigenvalue weighted by atomic mass is 16.5. The van der Waals surface area contributed by atoms with E-state index in [4.69, 9.17) is 14.2 Å². The lowest BCUT2D eigenvalue weighted by Crippen LogP contribution is -2.31. The number of hydrogen-bond acceptors (Lipinski definition) is 6. The molecule has 3 rings (SSSR count). The fraction of sp³-hybridized carbons (Fsp3) is 0.222. The van der Waals surface area contributed by atoms with Crippen molar-refractivity contribution in [3.8, 4) is 11.5 Å². The Kier molecular flexibility index (Phi) is 9.06. The number of esters is 1. The van der Waals surface area contributed by atoms with Crippen LogP contribution in [0.3, 0.4) is 0 Å². The maximum atomic E-state index is 12.5. The molecule has 3 aromatic carbocycles. The Morgan fingerprint density at radius 2 is 1.67 bits per heavy atom. The number of para-hydroxylation sites is 1. The molecule has 6 heteroatoms. The first-order valence-electron chi connectivity index (χ1n) is 10.7. The SMILES string of the molecule is COC(=O)C(=Cc1ccccc1OCC(O)CNCc1ccccc1)c1ccc(OC)cc1. The van der Waals surface area contributed by atoms with Gasteiger partial charge in [0.2, 0.25) is 0 Å². The number of carbonyl (C=O) groups excluding carboxylic acids is 1. The quantitative estimate of drug-likeness (QED) is 0.263. The van der Waals surface area contributed by atoms with E-state index < -0.39 is 12.1 Å². The van der Waals surface area contributed by atoms with E-state index in [0.29, 0.717) is 41.3 Å². The van der Waals surface area contributed by atoms with Crippen LogP contribution in [0.15, 0.2) is 78.9 Å². The van der Waals surface area contributed by atoms with Crippen LogP contribution in [-0.2, 0) is 16.1 Å². The third-order valence-electron chi connectivity index (χ3n) is 5.01. The van der Waals surface area contributed by atoms with Crippen LogP contribution in [-0.4, -0.2) is 44.6 Å². The average Bonchev–Trinajstić information content (AvgIpc) is 2.87. The van der Waals surface area contributed by atoms with Crippen molar-refractivity contribution in [1.29, 1.82) is 0 Å². The van der Waals surface area contributed by atoms with Crippen LogP contribution in [0.25, 0.3) is 11.6 Å². The minimum absolute atomic E-state index is 0.114. The number of carbonyl (C=O) groups is 1.